The first kappa shape index (κ1) is 27.1. The van der Waals surface area contributed by atoms with Crippen molar-refractivity contribution in [2.24, 2.45) is 5.92 Å². The summed E-state index contributed by atoms with van der Waals surface area (Å²) in [6.45, 7) is 4.42. The molecule has 7 heteroatoms. The third-order valence-electron chi connectivity index (χ3n) is 6.95. The lowest BCUT2D eigenvalue weighted by atomic mass is 9.72. The molecule has 2 amide bonds. The van der Waals surface area contributed by atoms with E-state index in [1.54, 1.807) is 13.2 Å². The number of halogens is 1. The average Bonchev–Trinajstić information content (AvgIpc) is 2.86. The number of unbranched alkanes of at least 4 members (excludes halogenated alkanes) is 1. The maximum absolute atomic E-state index is 14.1. The maximum Gasteiger partial charge on any atom is 0.317 e. The molecule has 1 saturated heterocycles. The molecular weight excluding hydrogens is 445 g/mol. The number of likely N-dealkylation sites (tertiary alicyclic amines) is 1. The third kappa shape index (κ3) is 7.03. The first-order valence-corrected chi connectivity index (χ1v) is 12.7. The van der Waals surface area contributed by atoms with E-state index < -0.39 is 5.60 Å². The molecule has 0 saturated carbocycles. The van der Waals surface area contributed by atoms with Crippen molar-refractivity contribution in [3.63, 3.8) is 0 Å². The summed E-state index contributed by atoms with van der Waals surface area (Å²) in [6, 6.07) is 14.1. The highest BCUT2D eigenvalue weighted by atomic mass is 19.1. The minimum absolute atomic E-state index is 0.00880. The van der Waals surface area contributed by atoms with Crippen LogP contribution in [0.1, 0.15) is 44.6 Å². The van der Waals surface area contributed by atoms with Crippen LogP contribution in [-0.2, 0) is 10.3 Å². The van der Waals surface area contributed by atoms with E-state index in [0.29, 0.717) is 32.7 Å². The molecule has 2 aromatic carbocycles. The number of methoxy groups -OCH3 is 1. The van der Waals surface area contributed by atoms with Crippen LogP contribution in [0.25, 0.3) is 11.1 Å². The van der Waals surface area contributed by atoms with Crippen LogP contribution in [0.15, 0.2) is 48.5 Å². The van der Waals surface area contributed by atoms with Crippen LogP contribution >= 0.6 is 0 Å². The van der Waals surface area contributed by atoms with Gasteiger partial charge in [0.25, 0.3) is 0 Å². The number of carbonyl (C=O) groups excluding carboxylic acids is 1. The maximum atomic E-state index is 14.1. The molecule has 1 heterocycles. The Morgan fingerprint density at radius 3 is 2.80 bits per heavy atom. The molecule has 3 rings (SSSR count). The summed E-state index contributed by atoms with van der Waals surface area (Å²) in [5.41, 5.74) is 1.19. The molecular formula is C28H40FN3O3. The quantitative estimate of drug-likeness (QED) is 0.409. The number of amides is 2. The van der Waals surface area contributed by atoms with Gasteiger partial charge in [0.15, 0.2) is 0 Å². The standard InChI is InChI=1S/C28H40FN3O3/c1-21(19-30-2)31-27(33)32-16-9-11-23(20-32)28(34,15-6-7-17-35-3)26-14-5-4-13-25(26)22-10-8-12-24(29)18-22/h4-5,8,10,12-14,18,21,23,30,34H,6-7,9,11,15-17,19-20H2,1-3H3,(H,31,33)/t21?,23-,28+/m1/s1. The first-order chi connectivity index (χ1) is 16.9. The van der Waals surface area contributed by atoms with Crippen LogP contribution in [0.3, 0.4) is 0 Å². The second-order valence-electron chi connectivity index (χ2n) is 9.62. The van der Waals surface area contributed by atoms with E-state index in [0.717, 1.165) is 42.4 Å². The van der Waals surface area contributed by atoms with Crippen molar-refractivity contribution in [1.29, 1.82) is 0 Å². The van der Waals surface area contributed by atoms with Gasteiger partial charge in [-0.2, -0.15) is 0 Å². The van der Waals surface area contributed by atoms with E-state index >= 15 is 0 Å². The Hall–Kier alpha value is -2.48. The van der Waals surface area contributed by atoms with Crippen LogP contribution in [0.4, 0.5) is 9.18 Å². The van der Waals surface area contributed by atoms with E-state index in [2.05, 4.69) is 10.6 Å². The molecule has 0 aromatic heterocycles. The number of hydrogen-bond acceptors (Lipinski definition) is 4. The minimum atomic E-state index is -1.16. The lowest BCUT2D eigenvalue weighted by Gasteiger charge is -2.43. The minimum Gasteiger partial charge on any atom is -0.385 e. The van der Waals surface area contributed by atoms with Gasteiger partial charge in [-0.05, 0) is 74.9 Å². The van der Waals surface area contributed by atoms with Crippen molar-refractivity contribution in [3.8, 4) is 11.1 Å². The van der Waals surface area contributed by atoms with E-state index in [1.807, 2.05) is 49.2 Å². The summed E-state index contributed by atoms with van der Waals surface area (Å²) in [4.78, 5) is 14.8. The molecule has 192 valence electrons. The number of rotatable bonds is 11. The summed E-state index contributed by atoms with van der Waals surface area (Å²) < 4.78 is 19.3. The van der Waals surface area contributed by atoms with E-state index in [1.165, 1.54) is 12.1 Å². The molecule has 0 spiro atoms. The molecule has 0 aliphatic carbocycles. The molecule has 3 N–H and O–H groups in total. The summed E-state index contributed by atoms with van der Waals surface area (Å²) in [5.74, 6) is -0.448. The summed E-state index contributed by atoms with van der Waals surface area (Å²) in [5, 5.41) is 18.5. The number of nitrogens with one attached hydrogen (secondary N) is 2. The van der Waals surface area contributed by atoms with E-state index in [-0.39, 0.29) is 23.8 Å². The monoisotopic (exact) mass is 485 g/mol. The molecule has 3 atom stereocenters. The smallest absolute Gasteiger partial charge is 0.317 e. The van der Waals surface area contributed by atoms with Gasteiger partial charge in [-0.3, -0.25) is 0 Å². The van der Waals surface area contributed by atoms with Crippen molar-refractivity contribution < 1.29 is 19.0 Å². The van der Waals surface area contributed by atoms with Gasteiger partial charge in [-0.1, -0.05) is 36.4 Å². The van der Waals surface area contributed by atoms with Crippen LogP contribution in [0.5, 0.6) is 0 Å². The number of hydrogen-bond donors (Lipinski definition) is 3. The molecule has 1 aliphatic rings. The number of likely N-dealkylation sites (N-methyl/N-ethyl adjacent to an activating group) is 1. The fourth-order valence-electron chi connectivity index (χ4n) is 5.18. The van der Waals surface area contributed by atoms with Crippen LogP contribution in [0, 0.1) is 11.7 Å². The highest BCUT2D eigenvalue weighted by molar-refractivity contribution is 5.74. The normalized spacial score (nSPS) is 18.7. The van der Waals surface area contributed by atoms with Crippen molar-refractivity contribution in [2.75, 3.05) is 40.4 Å². The highest BCUT2D eigenvalue weighted by Crippen LogP contribution is 2.43. The van der Waals surface area contributed by atoms with E-state index in [9.17, 15) is 14.3 Å². The lowest BCUT2D eigenvalue weighted by Crippen LogP contribution is -2.53. The zero-order valence-electron chi connectivity index (χ0n) is 21.2. The number of nitrogens with zero attached hydrogens (tertiary/aromatic N) is 1. The Morgan fingerprint density at radius 2 is 2.06 bits per heavy atom. The van der Waals surface area contributed by atoms with Crippen LogP contribution in [0.2, 0.25) is 0 Å². The Kier molecular flexibility index (Phi) is 10.1. The summed E-state index contributed by atoms with van der Waals surface area (Å²) in [6.07, 6.45) is 3.79. The van der Waals surface area contributed by atoms with Gasteiger partial charge in [-0.15, -0.1) is 0 Å². The Labute approximate surface area is 208 Å². The zero-order chi connectivity index (χ0) is 25.3. The SMILES string of the molecule is CNCC(C)NC(=O)N1CCC[C@@H]([C@@](O)(CCCCOC)c2ccccc2-c2cccc(F)c2)C1. The number of benzene rings is 2. The van der Waals surface area contributed by atoms with Gasteiger partial charge in [0.1, 0.15) is 5.82 Å². The number of urea groups is 1. The fourth-order valence-corrected chi connectivity index (χ4v) is 5.18. The largest absolute Gasteiger partial charge is 0.385 e. The van der Waals surface area contributed by atoms with Gasteiger partial charge in [0.05, 0.1) is 5.60 Å². The number of carbonyl (C=O) groups is 1. The molecule has 1 aliphatic heterocycles. The molecule has 1 fully saturated rings. The predicted molar refractivity (Wildman–Crippen MR) is 138 cm³/mol. The number of piperidine rings is 1. The molecule has 6 nitrogen and oxygen atoms in total. The second-order valence-corrected chi connectivity index (χ2v) is 9.62. The van der Waals surface area contributed by atoms with E-state index in [4.69, 9.17) is 4.74 Å². The fraction of sp³-hybridized carbons (Fsp3) is 0.536. The van der Waals surface area contributed by atoms with Crippen molar-refractivity contribution in [2.45, 2.75) is 50.7 Å². The van der Waals surface area contributed by atoms with Gasteiger partial charge in [-0.25, -0.2) is 9.18 Å². The second kappa shape index (κ2) is 13.0. The Balaban J connectivity index is 1.92. The van der Waals surface area contributed by atoms with Crippen LogP contribution < -0.4 is 10.6 Å². The topological polar surface area (TPSA) is 73.8 Å². The molecule has 35 heavy (non-hydrogen) atoms. The molecule has 2 aromatic rings. The van der Waals surface area contributed by atoms with Crippen molar-refractivity contribution >= 4 is 6.03 Å². The van der Waals surface area contributed by atoms with Gasteiger partial charge < -0.3 is 25.4 Å². The number of aliphatic hydroxyl groups is 1. The van der Waals surface area contributed by atoms with Gasteiger partial charge in [0, 0.05) is 45.3 Å². The van der Waals surface area contributed by atoms with Gasteiger partial charge in [0.2, 0.25) is 0 Å². The van der Waals surface area contributed by atoms with Crippen molar-refractivity contribution in [3.05, 3.63) is 59.9 Å². The molecule has 1 unspecified atom stereocenters. The summed E-state index contributed by atoms with van der Waals surface area (Å²) >= 11 is 0. The molecule has 0 bridgehead atoms. The third-order valence-corrected chi connectivity index (χ3v) is 6.95. The number of ether oxygens (including phenoxy) is 1. The highest BCUT2D eigenvalue weighted by Gasteiger charge is 2.42. The average molecular weight is 486 g/mol. The van der Waals surface area contributed by atoms with Crippen LogP contribution in [-0.4, -0.2) is 62.5 Å². The lowest BCUT2D eigenvalue weighted by molar-refractivity contribution is -0.0559. The first-order valence-electron chi connectivity index (χ1n) is 12.7. The Bertz CT molecular complexity index is 957. The molecule has 0 radical (unpaired) electrons. The predicted octanol–water partition coefficient (Wildman–Crippen LogP) is 4.53. The van der Waals surface area contributed by atoms with Gasteiger partial charge >= 0.3 is 6.03 Å². The van der Waals surface area contributed by atoms with Crippen molar-refractivity contribution in [1.82, 2.24) is 15.5 Å². The summed E-state index contributed by atoms with van der Waals surface area (Å²) in [7, 11) is 3.54. The zero-order valence-corrected chi connectivity index (χ0v) is 21.2. The Morgan fingerprint density at radius 1 is 1.26 bits per heavy atom.